The summed E-state index contributed by atoms with van der Waals surface area (Å²) in [6.07, 6.45) is 7.12. The van der Waals surface area contributed by atoms with E-state index in [0.717, 1.165) is 31.5 Å². The summed E-state index contributed by atoms with van der Waals surface area (Å²) in [4.78, 5) is 18.5. The van der Waals surface area contributed by atoms with Crippen LogP contribution in [0.15, 0.2) is 30.7 Å². The second-order valence-corrected chi connectivity index (χ2v) is 6.43. The van der Waals surface area contributed by atoms with E-state index in [0.29, 0.717) is 11.7 Å². The average Bonchev–Trinajstić information content (AvgIpc) is 3.07. The summed E-state index contributed by atoms with van der Waals surface area (Å²) in [5.41, 5.74) is 2.17. The molecule has 1 aliphatic rings. The number of methoxy groups -OCH3 is 1. The molecular formula is C18H25N5O2. The summed E-state index contributed by atoms with van der Waals surface area (Å²) < 4.78 is 7.25. The molecule has 7 heteroatoms. The van der Waals surface area contributed by atoms with Crippen molar-refractivity contribution in [2.24, 2.45) is 7.05 Å². The Kier molecular flexibility index (Phi) is 5.21. The Morgan fingerprint density at radius 2 is 2.08 bits per heavy atom. The number of carbonyl (C=O) groups excluding carboxylic acids is 1. The van der Waals surface area contributed by atoms with E-state index < -0.39 is 0 Å². The number of hydrogen-bond acceptors (Lipinski definition) is 4. The molecule has 134 valence electrons. The molecule has 7 nitrogen and oxygen atoms in total. The van der Waals surface area contributed by atoms with Gasteiger partial charge in [0.05, 0.1) is 19.3 Å². The maximum absolute atomic E-state index is 12.6. The lowest BCUT2D eigenvalue weighted by atomic mass is 9.93. The quantitative estimate of drug-likeness (QED) is 0.926. The van der Waals surface area contributed by atoms with E-state index >= 15 is 0 Å². The smallest absolute Gasteiger partial charge is 0.317 e. The molecule has 2 aromatic rings. The lowest BCUT2D eigenvalue weighted by Crippen LogP contribution is -2.45. The minimum Gasteiger partial charge on any atom is -0.495 e. The fourth-order valence-corrected chi connectivity index (χ4v) is 3.44. The van der Waals surface area contributed by atoms with Crippen molar-refractivity contribution in [3.63, 3.8) is 0 Å². The van der Waals surface area contributed by atoms with E-state index in [1.54, 1.807) is 19.5 Å². The molecule has 0 saturated carbocycles. The van der Waals surface area contributed by atoms with Gasteiger partial charge in [-0.3, -0.25) is 9.67 Å². The first-order valence-corrected chi connectivity index (χ1v) is 8.61. The third kappa shape index (κ3) is 3.75. The van der Waals surface area contributed by atoms with Gasteiger partial charge in [0.15, 0.2) is 0 Å². The maximum atomic E-state index is 12.6. The van der Waals surface area contributed by atoms with Crippen LogP contribution in [0.25, 0.3) is 0 Å². The number of urea groups is 1. The van der Waals surface area contributed by atoms with Gasteiger partial charge in [0, 0.05) is 49.7 Å². The van der Waals surface area contributed by atoms with E-state index in [1.165, 1.54) is 5.69 Å². The monoisotopic (exact) mass is 343 g/mol. The van der Waals surface area contributed by atoms with Crippen LogP contribution in [0.4, 0.5) is 4.79 Å². The highest BCUT2D eigenvalue weighted by Crippen LogP contribution is 2.28. The second-order valence-electron chi connectivity index (χ2n) is 6.43. The Bertz CT molecular complexity index is 722. The molecule has 1 aliphatic heterocycles. The first kappa shape index (κ1) is 17.3. The Morgan fingerprint density at radius 3 is 2.72 bits per heavy atom. The summed E-state index contributed by atoms with van der Waals surface area (Å²) >= 11 is 0. The minimum atomic E-state index is -0.139. The molecule has 0 aromatic carbocycles. The van der Waals surface area contributed by atoms with E-state index in [1.807, 2.05) is 35.8 Å². The van der Waals surface area contributed by atoms with Crippen molar-refractivity contribution in [2.75, 3.05) is 20.2 Å². The van der Waals surface area contributed by atoms with Crippen LogP contribution in [0.1, 0.15) is 43.0 Å². The summed E-state index contributed by atoms with van der Waals surface area (Å²) in [5, 5.41) is 7.31. The number of likely N-dealkylation sites (tertiary alicyclic amines) is 1. The molecule has 0 spiro atoms. The number of amides is 2. The van der Waals surface area contributed by atoms with E-state index in [9.17, 15) is 4.79 Å². The summed E-state index contributed by atoms with van der Waals surface area (Å²) in [6.45, 7) is 3.46. The summed E-state index contributed by atoms with van der Waals surface area (Å²) in [5.74, 6) is 1.15. The van der Waals surface area contributed by atoms with E-state index in [2.05, 4.69) is 21.5 Å². The highest BCUT2D eigenvalue weighted by Gasteiger charge is 2.26. The standard InChI is InChI=1S/C18H25N5O2/c1-13(15-4-8-19-12-17(15)25-3)21-18(24)23-10-6-14(7-11-23)16-5-9-20-22(16)2/h4-5,8-9,12-14H,6-7,10-11H2,1-3H3,(H,21,24)/t13-/m1/s1. The zero-order chi connectivity index (χ0) is 17.8. The molecule has 1 N–H and O–H groups in total. The zero-order valence-corrected chi connectivity index (χ0v) is 15.0. The van der Waals surface area contributed by atoms with Gasteiger partial charge in [0.2, 0.25) is 0 Å². The van der Waals surface area contributed by atoms with Crippen molar-refractivity contribution in [3.8, 4) is 5.75 Å². The van der Waals surface area contributed by atoms with Gasteiger partial charge in [-0.05, 0) is 31.9 Å². The molecule has 1 saturated heterocycles. The molecule has 25 heavy (non-hydrogen) atoms. The molecule has 1 atom stereocenters. The second kappa shape index (κ2) is 7.55. The Labute approximate surface area is 148 Å². The number of rotatable bonds is 4. The predicted molar refractivity (Wildman–Crippen MR) is 94.5 cm³/mol. The van der Waals surface area contributed by atoms with E-state index in [4.69, 9.17) is 4.74 Å². The molecule has 0 aliphatic carbocycles. The molecule has 0 bridgehead atoms. The van der Waals surface area contributed by atoms with Gasteiger partial charge >= 0.3 is 6.03 Å². The van der Waals surface area contributed by atoms with Crippen molar-refractivity contribution in [2.45, 2.75) is 31.7 Å². The number of piperidine rings is 1. The highest BCUT2D eigenvalue weighted by molar-refractivity contribution is 5.75. The number of nitrogens with zero attached hydrogens (tertiary/aromatic N) is 4. The molecule has 3 rings (SSSR count). The van der Waals surface area contributed by atoms with Crippen molar-refractivity contribution >= 4 is 6.03 Å². The zero-order valence-electron chi connectivity index (χ0n) is 15.0. The number of nitrogens with one attached hydrogen (secondary N) is 1. The Morgan fingerprint density at radius 1 is 1.32 bits per heavy atom. The number of aryl methyl sites for hydroxylation is 1. The van der Waals surface area contributed by atoms with Crippen molar-refractivity contribution in [1.29, 1.82) is 0 Å². The molecular weight excluding hydrogens is 318 g/mol. The maximum Gasteiger partial charge on any atom is 0.317 e. The van der Waals surface area contributed by atoms with Crippen molar-refractivity contribution in [1.82, 2.24) is 25.0 Å². The molecule has 2 aromatic heterocycles. The fraction of sp³-hybridized carbons (Fsp3) is 0.500. The van der Waals surface area contributed by atoms with Crippen molar-refractivity contribution in [3.05, 3.63) is 42.0 Å². The average molecular weight is 343 g/mol. The fourth-order valence-electron chi connectivity index (χ4n) is 3.44. The van der Waals surface area contributed by atoms with Crippen LogP contribution < -0.4 is 10.1 Å². The number of pyridine rings is 1. The summed E-state index contributed by atoms with van der Waals surface area (Å²) in [6, 6.07) is 3.77. The third-order valence-electron chi connectivity index (χ3n) is 4.90. The van der Waals surface area contributed by atoms with Gasteiger partial charge in [0.1, 0.15) is 5.75 Å². The lowest BCUT2D eigenvalue weighted by molar-refractivity contribution is 0.177. The molecule has 0 unspecified atom stereocenters. The number of ether oxygens (including phenoxy) is 1. The molecule has 0 radical (unpaired) electrons. The predicted octanol–water partition coefficient (Wildman–Crippen LogP) is 2.47. The van der Waals surface area contributed by atoms with Gasteiger partial charge in [-0.25, -0.2) is 4.79 Å². The summed E-state index contributed by atoms with van der Waals surface area (Å²) in [7, 11) is 3.58. The first-order valence-electron chi connectivity index (χ1n) is 8.61. The van der Waals surface area contributed by atoms with Crippen LogP contribution in [0.3, 0.4) is 0 Å². The highest BCUT2D eigenvalue weighted by atomic mass is 16.5. The molecule has 1 fully saturated rings. The topological polar surface area (TPSA) is 72.3 Å². The van der Waals surface area contributed by atoms with Gasteiger partial charge < -0.3 is 15.0 Å². The molecule has 2 amide bonds. The van der Waals surface area contributed by atoms with Gasteiger partial charge in [-0.2, -0.15) is 5.10 Å². The first-order chi connectivity index (χ1) is 12.1. The van der Waals surface area contributed by atoms with Crippen LogP contribution in [0.2, 0.25) is 0 Å². The number of carbonyl (C=O) groups is 1. The number of hydrogen-bond donors (Lipinski definition) is 1. The largest absolute Gasteiger partial charge is 0.495 e. The van der Waals surface area contributed by atoms with Crippen LogP contribution in [0, 0.1) is 0 Å². The Hall–Kier alpha value is -2.57. The van der Waals surface area contributed by atoms with Crippen LogP contribution in [-0.2, 0) is 7.05 Å². The van der Waals surface area contributed by atoms with Gasteiger partial charge in [0.25, 0.3) is 0 Å². The molecule has 3 heterocycles. The van der Waals surface area contributed by atoms with Crippen LogP contribution in [-0.4, -0.2) is 45.9 Å². The van der Waals surface area contributed by atoms with Gasteiger partial charge in [-0.15, -0.1) is 0 Å². The van der Waals surface area contributed by atoms with Crippen LogP contribution in [0.5, 0.6) is 5.75 Å². The normalized spacial score (nSPS) is 16.5. The Balaban J connectivity index is 1.57. The number of aromatic nitrogens is 3. The van der Waals surface area contributed by atoms with Crippen LogP contribution >= 0.6 is 0 Å². The van der Waals surface area contributed by atoms with E-state index in [-0.39, 0.29) is 12.1 Å². The van der Waals surface area contributed by atoms with Gasteiger partial charge in [-0.1, -0.05) is 0 Å². The van der Waals surface area contributed by atoms with Crippen molar-refractivity contribution < 1.29 is 9.53 Å². The lowest BCUT2D eigenvalue weighted by Gasteiger charge is -2.33. The SMILES string of the molecule is COc1cnccc1[C@@H](C)NC(=O)N1CCC(c2ccnn2C)CC1. The minimum absolute atomic E-state index is 0.0326. The third-order valence-corrected chi connectivity index (χ3v) is 4.90.